The zero-order chi connectivity index (χ0) is 15.9. The Kier molecular flexibility index (Phi) is 13.2. The minimum absolute atomic E-state index is 0.141. The molecule has 0 aliphatic carbocycles. The molecule has 0 fully saturated rings. The molecule has 1 atom stereocenters. The Morgan fingerprint density at radius 2 is 1.38 bits per heavy atom. The molecule has 0 aromatic carbocycles. The molecule has 124 valence electrons. The van der Waals surface area contributed by atoms with Gasteiger partial charge in [0.05, 0.1) is 25.6 Å². The smallest absolute Gasteiger partial charge is 0.309 e. The van der Waals surface area contributed by atoms with Crippen LogP contribution in [0.5, 0.6) is 0 Å². The summed E-state index contributed by atoms with van der Waals surface area (Å²) in [5.41, 5.74) is 0. The van der Waals surface area contributed by atoms with E-state index in [2.05, 4.69) is 6.92 Å². The summed E-state index contributed by atoms with van der Waals surface area (Å²) in [5, 5.41) is 0. The normalized spacial score (nSPS) is 12.0. The SMILES string of the molecule is CCCCCCCCCC(CC(=O)OCC)C(=O)OCC. The number of carbonyl (C=O) groups excluding carboxylic acids is 2. The Balaban J connectivity index is 3.98. The molecule has 0 spiro atoms. The van der Waals surface area contributed by atoms with Gasteiger partial charge in [-0.1, -0.05) is 51.9 Å². The van der Waals surface area contributed by atoms with Gasteiger partial charge in [-0.05, 0) is 20.3 Å². The molecule has 0 aliphatic rings. The van der Waals surface area contributed by atoms with E-state index in [9.17, 15) is 9.59 Å². The Morgan fingerprint density at radius 1 is 0.810 bits per heavy atom. The Hall–Kier alpha value is -1.06. The molecule has 0 aliphatic heterocycles. The topological polar surface area (TPSA) is 52.6 Å². The molecule has 1 unspecified atom stereocenters. The van der Waals surface area contributed by atoms with Gasteiger partial charge < -0.3 is 9.47 Å². The molecule has 0 amide bonds. The van der Waals surface area contributed by atoms with Crippen molar-refractivity contribution in [1.82, 2.24) is 0 Å². The monoisotopic (exact) mass is 300 g/mol. The van der Waals surface area contributed by atoms with Crippen LogP contribution >= 0.6 is 0 Å². The molecule has 0 heterocycles. The highest BCUT2D eigenvalue weighted by Crippen LogP contribution is 2.18. The molecule has 0 aromatic heterocycles. The molecule has 0 N–H and O–H groups in total. The van der Waals surface area contributed by atoms with Gasteiger partial charge >= 0.3 is 11.9 Å². The van der Waals surface area contributed by atoms with Crippen LogP contribution in [0.1, 0.15) is 78.6 Å². The van der Waals surface area contributed by atoms with E-state index in [0.29, 0.717) is 19.6 Å². The van der Waals surface area contributed by atoms with Crippen molar-refractivity contribution in [2.45, 2.75) is 78.6 Å². The summed E-state index contributed by atoms with van der Waals surface area (Å²) in [6, 6.07) is 0. The lowest BCUT2D eigenvalue weighted by atomic mass is 9.97. The third kappa shape index (κ3) is 11.3. The van der Waals surface area contributed by atoms with Crippen LogP contribution in [-0.4, -0.2) is 25.2 Å². The number of hydrogen-bond acceptors (Lipinski definition) is 4. The first kappa shape index (κ1) is 19.9. The van der Waals surface area contributed by atoms with Gasteiger partial charge in [0.25, 0.3) is 0 Å². The number of ether oxygens (including phenoxy) is 2. The summed E-state index contributed by atoms with van der Waals surface area (Å²) in [6.45, 7) is 6.47. The van der Waals surface area contributed by atoms with Crippen molar-refractivity contribution in [3.8, 4) is 0 Å². The summed E-state index contributed by atoms with van der Waals surface area (Å²) in [6.07, 6.45) is 9.25. The van der Waals surface area contributed by atoms with Crippen molar-refractivity contribution >= 4 is 11.9 Å². The number of carbonyl (C=O) groups is 2. The van der Waals surface area contributed by atoms with Gasteiger partial charge in [0.2, 0.25) is 0 Å². The molecule has 0 radical (unpaired) electrons. The fourth-order valence-corrected chi connectivity index (χ4v) is 2.33. The second kappa shape index (κ2) is 13.9. The molecule has 0 bridgehead atoms. The second-order valence-corrected chi connectivity index (χ2v) is 5.37. The first-order valence-corrected chi connectivity index (χ1v) is 8.47. The third-order valence-corrected chi connectivity index (χ3v) is 3.49. The number of unbranched alkanes of at least 4 members (excludes halogenated alkanes) is 6. The molecule has 21 heavy (non-hydrogen) atoms. The highest BCUT2D eigenvalue weighted by Gasteiger charge is 2.23. The zero-order valence-electron chi connectivity index (χ0n) is 14.0. The van der Waals surface area contributed by atoms with Crippen LogP contribution in [0.15, 0.2) is 0 Å². The van der Waals surface area contributed by atoms with E-state index in [1.54, 1.807) is 13.8 Å². The van der Waals surface area contributed by atoms with Gasteiger partial charge in [-0.25, -0.2) is 0 Å². The number of esters is 2. The van der Waals surface area contributed by atoms with E-state index in [4.69, 9.17) is 9.47 Å². The predicted molar refractivity (Wildman–Crippen MR) is 84.0 cm³/mol. The average Bonchev–Trinajstić information content (AvgIpc) is 2.45. The van der Waals surface area contributed by atoms with Crippen molar-refractivity contribution < 1.29 is 19.1 Å². The molecule has 4 nitrogen and oxygen atoms in total. The van der Waals surface area contributed by atoms with Gasteiger partial charge in [0, 0.05) is 0 Å². The van der Waals surface area contributed by atoms with Crippen LogP contribution in [-0.2, 0) is 19.1 Å². The van der Waals surface area contributed by atoms with Gasteiger partial charge in [-0.2, -0.15) is 0 Å². The molecular weight excluding hydrogens is 268 g/mol. The largest absolute Gasteiger partial charge is 0.466 e. The van der Waals surface area contributed by atoms with Crippen LogP contribution in [0.3, 0.4) is 0 Å². The van der Waals surface area contributed by atoms with Crippen LogP contribution in [0.25, 0.3) is 0 Å². The molecule has 0 rings (SSSR count). The molecule has 4 heteroatoms. The summed E-state index contributed by atoms with van der Waals surface area (Å²) < 4.78 is 9.97. The third-order valence-electron chi connectivity index (χ3n) is 3.49. The van der Waals surface area contributed by atoms with Crippen molar-refractivity contribution in [2.75, 3.05) is 13.2 Å². The summed E-state index contributed by atoms with van der Waals surface area (Å²) >= 11 is 0. The van der Waals surface area contributed by atoms with E-state index in [1.165, 1.54) is 32.1 Å². The molecule has 0 saturated heterocycles. The van der Waals surface area contributed by atoms with Crippen molar-refractivity contribution in [3.63, 3.8) is 0 Å². The summed E-state index contributed by atoms with van der Waals surface area (Å²) in [5.74, 6) is -0.922. The number of rotatable bonds is 13. The lowest BCUT2D eigenvalue weighted by Crippen LogP contribution is -2.22. The van der Waals surface area contributed by atoms with E-state index in [-0.39, 0.29) is 24.3 Å². The van der Waals surface area contributed by atoms with Gasteiger partial charge in [0.1, 0.15) is 0 Å². The molecular formula is C17H32O4. The Labute approximate surface area is 129 Å². The average molecular weight is 300 g/mol. The maximum absolute atomic E-state index is 11.9. The first-order valence-electron chi connectivity index (χ1n) is 8.47. The first-order chi connectivity index (χ1) is 10.2. The fourth-order valence-electron chi connectivity index (χ4n) is 2.33. The Bertz CT molecular complexity index is 276. The van der Waals surface area contributed by atoms with Gasteiger partial charge in [0.15, 0.2) is 0 Å². The predicted octanol–water partition coefficient (Wildman–Crippen LogP) is 4.26. The van der Waals surface area contributed by atoms with E-state index in [0.717, 1.165) is 12.8 Å². The van der Waals surface area contributed by atoms with Crippen LogP contribution in [0.2, 0.25) is 0 Å². The standard InChI is InChI=1S/C17H32O4/c1-4-7-8-9-10-11-12-13-15(17(19)21-6-3)14-16(18)20-5-2/h15H,4-14H2,1-3H3. The minimum atomic E-state index is -0.348. The highest BCUT2D eigenvalue weighted by atomic mass is 16.5. The zero-order valence-corrected chi connectivity index (χ0v) is 14.0. The summed E-state index contributed by atoms with van der Waals surface area (Å²) in [7, 11) is 0. The molecule has 0 saturated carbocycles. The lowest BCUT2D eigenvalue weighted by Gasteiger charge is -2.14. The quantitative estimate of drug-likeness (QED) is 0.377. The van der Waals surface area contributed by atoms with Gasteiger partial charge in [-0.15, -0.1) is 0 Å². The van der Waals surface area contributed by atoms with Crippen molar-refractivity contribution in [3.05, 3.63) is 0 Å². The highest BCUT2D eigenvalue weighted by molar-refractivity contribution is 5.79. The van der Waals surface area contributed by atoms with Crippen molar-refractivity contribution in [1.29, 1.82) is 0 Å². The number of hydrogen-bond donors (Lipinski definition) is 0. The van der Waals surface area contributed by atoms with Crippen molar-refractivity contribution in [2.24, 2.45) is 5.92 Å². The fraction of sp³-hybridized carbons (Fsp3) is 0.882. The van der Waals surface area contributed by atoms with Crippen LogP contribution in [0, 0.1) is 5.92 Å². The lowest BCUT2D eigenvalue weighted by molar-refractivity contribution is -0.155. The summed E-state index contributed by atoms with van der Waals surface area (Å²) in [4.78, 5) is 23.4. The van der Waals surface area contributed by atoms with E-state index < -0.39 is 0 Å². The van der Waals surface area contributed by atoms with E-state index >= 15 is 0 Å². The minimum Gasteiger partial charge on any atom is -0.466 e. The maximum atomic E-state index is 11.9. The Morgan fingerprint density at radius 3 is 1.95 bits per heavy atom. The van der Waals surface area contributed by atoms with Gasteiger partial charge in [-0.3, -0.25) is 9.59 Å². The van der Waals surface area contributed by atoms with E-state index in [1.807, 2.05) is 0 Å². The molecule has 0 aromatic rings. The van der Waals surface area contributed by atoms with Crippen LogP contribution < -0.4 is 0 Å². The maximum Gasteiger partial charge on any atom is 0.309 e. The van der Waals surface area contributed by atoms with Crippen LogP contribution in [0.4, 0.5) is 0 Å². The second-order valence-electron chi connectivity index (χ2n) is 5.37.